The highest BCUT2D eigenvalue weighted by atomic mass is 33.4. The molecule has 0 amide bonds. The third kappa shape index (κ3) is 4.97. The van der Waals surface area contributed by atoms with Crippen LogP contribution in [0, 0.1) is 0 Å². The summed E-state index contributed by atoms with van der Waals surface area (Å²) < 4.78 is 0. The highest BCUT2D eigenvalue weighted by Gasteiger charge is 2.09. The zero-order valence-corrected chi connectivity index (χ0v) is 11.8. The van der Waals surface area contributed by atoms with Crippen LogP contribution < -0.4 is 0 Å². The minimum absolute atomic E-state index is 0.0129. The van der Waals surface area contributed by atoms with Crippen molar-refractivity contribution in [2.45, 2.75) is 18.7 Å². The molecule has 0 radical (unpaired) electrons. The second-order valence-electron chi connectivity index (χ2n) is 2.46. The predicted octanol–water partition coefficient (Wildman–Crippen LogP) is 5.51. The average molecular weight is 262 g/mol. The van der Waals surface area contributed by atoms with Crippen LogP contribution in [-0.4, -0.2) is 11.5 Å². The third-order valence-corrected chi connectivity index (χ3v) is 12.0. The van der Waals surface area contributed by atoms with Gasteiger partial charge in [0.1, 0.15) is 0 Å². The molecule has 0 bridgehead atoms. The molecule has 0 saturated carbocycles. The molecule has 1 rings (SSSR count). The first-order valence-corrected chi connectivity index (χ1v) is 10.6. The fraction of sp³-hybridized carbons (Fsp3) is 0.400. The molecular formula is C10H15PS3. The van der Waals surface area contributed by atoms with E-state index in [1.165, 1.54) is 16.4 Å². The Morgan fingerprint density at radius 3 is 2.07 bits per heavy atom. The Morgan fingerprint density at radius 1 is 1.00 bits per heavy atom. The first-order chi connectivity index (χ1) is 6.86. The summed E-state index contributed by atoms with van der Waals surface area (Å²) in [5.74, 6) is 2.44. The van der Waals surface area contributed by atoms with Crippen molar-refractivity contribution in [2.75, 3.05) is 11.5 Å². The maximum Gasteiger partial charge on any atom is 0.0778 e. The van der Waals surface area contributed by atoms with Gasteiger partial charge in [-0.3, -0.25) is 0 Å². The average Bonchev–Trinajstić information content (AvgIpc) is 2.20. The van der Waals surface area contributed by atoms with E-state index in [1.807, 2.05) is 11.4 Å². The minimum Gasteiger partial charge on any atom is -0.112 e. The number of rotatable bonds is 6. The van der Waals surface area contributed by atoms with Gasteiger partial charge in [0.2, 0.25) is 0 Å². The van der Waals surface area contributed by atoms with E-state index in [4.69, 9.17) is 0 Å². The zero-order valence-electron chi connectivity index (χ0n) is 8.47. The van der Waals surface area contributed by atoms with Crippen molar-refractivity contribution in [2.24, 2.45) is 0 Å². The third-order valence-electron chi connectivity index (χ3n) is 1.39. The highest BCUT2D eigenvalue weighted by molar-refractivity contribution is 9.12. The maximum atomic E-state index is 2.24. The van der Waals surface area contributed by atoms with Crippen molar-refractivity contribution in [3.05, 3.63) is 30.3 Å². The summed E-state index contributed by atoms with van der Waals surface area (Å²) in [7, 11) is 0. The lowest BCUT2D eigenvalue weighted by molar-refractivity contribution is 1.48. The van der Waals surface area contributed by atoms with Crippen LogP contribution in [0.25, 0.3) is 0 Å². The fourth-order valence-electron chi connectivity index (χ4n) is 0.868. The van der Waals surface area contributed by atoms with Gasteiger partial charge in [0.15, 0.2) is 0 Å². The van der Waals surface area contributed by atoms with E-state index >= 15 is 0 Å². The number of hydrogen-bond donors (Lipinski definition) is 0. The van der Waals surface area contributed by atoms with Gasteiger partial charge < -0.3 is 0 Å². The first kappa shape index (κ1) is 12.8. The largest absolute Gasteiger partial charge is 0.112 e. The smallest absolute Gasteiger partial charge is 0.0778 e. The molecule has 0 nitrogen and oxygen atoms in total. The molecule has 0 N–H and O–H groups in total. The molecule has 0 atom stereocenters. The molecule has 0 aromatic heterocycles. The summed E-state index contributed by atoms with van der Waals surface area (Å²) in [4.78, 5) is 1.40. The topological polar surface area (TPSA) is 0 Å². The van der Waals surface area contributed by atoms with Crippen LogP contribution in [0.4, 0.5) is 0 Å². The van der Waals surface area contributed by atoms with E-state index in [-0.39, 0.29) is 5.53 Å². The minimum atomic E-state index is 0.0129. The fourth-order valence-corrected chi connectivity index (χ4v) is 11.6. The Morgan fingerprint density at radius 2 is 1.57 bits per heavy atom. The van der Waals surface area contributed by atoms with Crippen molar-refractivity contribution in [3.8, 4) is 0 Å². The monoisotopic (exact) mass is 262 g/mol. The Labute approximate surface area is 100 Å². The van der Waals surface area contributed by atoms with Crippen LogP contribution in [-0.2, 0) is 0 Å². The summed E-state index contributed by atoms with van der Waals surface area (Å²) in [6.45, 7) is 4.48. The number of hydrogen-bond acceptors (Lipinski definition) is 3. The molecule has 0 heterocycles. The molecule has 0 aliphatic rings. The Hall–Kier alpha value is 0.700. The molecular weight excluding hydrogens is 247 g/mol. The summed E-state index contributed by atoms with van der Waals surface area (Å²) >= 11 is 6.20. The maximum absolute atomic E-state index is 2.24. The molecule has 0 spiro atoms. The first-order valence-electron chi connectivity index (χ1n) is 4.65. The van der Waals surface area contributed by atoms with E-state index in [9.17, 15) is 0 Å². The van der Waals surface area contributed by atoms with Crippen molar-refractivity contribution in [3.63, 3.8) is 0 Å². The number of benzene rings is 1. The van der Waals surface area contributed by atoms with Gasteiger partial charge in [-0.05, 0) is 23.6 Å². The van der Waals surface area contributed by atoms with Crippen LogP contribution in [0.15, 0.2) is 35.2 Å². The highest BCUT2D eigenvalue weighted by Crippen LogP contribution is 2.71. The molecule has 1 aromatic carbocycles. The van der Waals surface area contributed by atoms with E-state index in [1.54, 1.807) is 0 Å². The van der Waals surface area contributed by atoms with Crippen molar-refractivity contribution >= 4 is 39.7 Å². The molecule has 4 heteroatoms. The molecule has 0 fully saturated rings. The Bertz CT molecular complexity index is 234. The molecule has 0 unspecified atom stereocenters. The molecule has 0 aliphatic heterocycles. The van der Waals surface area contributed by atoms with Crippen LogP contribution >= 0.6 is 39.7 Å². The standard InChI is InChI=1S/C10H15PS3/c1-3-12-11(13-4-2)14-10-8-6-5-7-9-10/h5-9H,3-4H2,1-2H3. The summed E-state index contributed by atoms with van der Waals surface area (Å²) in [5, 5.41) is 0. The lowest BCUT2D eigenvalue weighted by Crippen LogP contribution is -1.68. The molecule has 78 valence electrons. The second-order valence-corrected chi connectivity index (χ2v) is 12.7. The predicted molar refractivity (Wildman–Crippen MR) is 75.5 cm³/mol. The molecule has 0 aliphatic carbocycles. The van der Waals surface area contributed by atoms with Crippen molar-refractivity contribution < 1.29 is 0 Å². The SMILES string of the molecule is CCSP(SCC)Sc1ccccc1. The van der Waals surface area contributed by atoms with Crippen LogP contribution in [0.5, 0.6) is 0 Å². The van der Waals surface area contributed by atoms with Gasteiger partial charge in [0.25, 0.3) is 0 Å². The van der Waals surface area contributed by atoms with Gasteiger partial charge in [-0.25, -0.2) is 0 Å². The molecule has 0 saturated heterocycles. The van der Waals surface area contributed by atoms with Gasteiger partial charge in [-0.15, -0.1) is 22.8 Å². The van der Waals surface area contributed by atoms with E-state index < -0.39 is 0 Å². The summed E-state index contributed by atoms with van der Waals surface area (Å²) in [6.07, 6.45) is 0. The Balaban J connectivity index is 2.46. The summed E-state index contributed by atoms with van der Waals surface area (Å²) in [5.41, 5.74) is 0.0129. The van der Waals surface area contributed by atoms with E-state index in [0.717, 1.165) is 0 Å². The Kier molecular flexibility index (Phi) is 7.23. The van der Waals surface area contributed by atoms with Gasteiger partial charge in [0, 0.05) is 4.90 Å². The van der Waals surface area contributed by atoms with Gasteiger partial charge in [0.05, 0.1) is 5.53 Å². The second kappa shape index (κ2) is 7.92. The van der Waals surface area contributed by atoms with Crippen molar-refractivity contribution in [1.82, 2.24) is 0 Å². The molecule has 1 aromatic rings. The van der Waals surface area contributed by atoms with Crippen LogP contribution in [0.3, 0.4) is 0 Å². The van der Waals surface area contributed by atoms with Crippen LogP contribution in [0.1, 0.15) is 13.8 Å². The zero-order chi connectivity index (χ0) is 10.2. The van der Waals surface area contributed by atoms with E-state index in [2.05, 4.69) is 66.9 Å². The van der Waals surface area contributed by atoms with E-state index in [0.29, 0.717) is 0 Å². The van der Waals surface area contributed by atoms with Gasteiger partial charge in [-0.1, -0.05) is 43.4 Å². The summed E-state index contributed by atoms with van der Waals surface area (Å²) in [6, 6.07) is 10.7. The lowest BCUT2D eigenvalue weighted by atomic mass is 10.4. The lowest BCUT2D eigenvalue weighted by Gasteiger charge is -2.12. The van der Waals surface area contributed by atoms with Crippen molar-refractivity contribution in [1.29, 1.82) is 0 Å². The van der Waals surface area contributed by atoms with Gasteiger partial charge >= 0.3 is 0 Å². The van der Waals surface area contributed by atoms with Gasteiger partial charge in [-0.2, -0.15) is 0 Å². The van der Waals surface area contributed by atoms with Crippen LogP contribution in [0.2, 0.25) is 0 Å². The molecule has 14 heavy (non-hydrogen) atoms. The normalized spacial score (nSPS) is 10.8. The quantitative estimate of drug-likeness (QED) is 0.620.